The second-order valence-corrected chi connectivity index (χ2v) is 3.06. The first-order valence-corrected chi connectivity index (χ1v) is 4.13. The first kappa shape index (κ1) is 8.89. The Morgan fingerprint density at radius 3 is 2.92 bits per heavy atom. The highest BCUT2D eigenvalue weighted by molar-refractivity contribution is 7.81. The smallest absolute Gasteiger partial charge is 0.0625 e. The first-order valence-electron chi connectivity index (χ1n) is 3.73. The summed E-state index contributed by atoms with van der Waals surface area (Å²) in [6, 6.07) is 2.10. The molecule has 0 unspecified atom stereocenters. The predicted octanol–water partition coefficient (Wildman–Crippen LogP) is 2.71. The Bertz CT molecular complexity index is 315. The highest BCUT2D eigenvalue weighted by Gasteiger charge is 2.04. The Morgan fingerprint density at radius 2 is 2.25 bits per heavy atom. The van der Waals surface area contributed by atoms with Crippen molar-refractivity contribution in [2.24, 2.45) is 0 Å². The zero-order valence-corrected chi connectivity index (χ0v) is 7.53. The van der Waals surface area contributed by atoms with Gasteiger partial charge in [0.15, 0.2) is 0 Å². The van der Waals surface area contributed by atoms with Crippen LogP contribution >= 0.6 is 12.2 Å². The van der Waals surface area contributed by atoms with Crippen LogP contribution in [-0.2, 0) is 0 Å². The van der Waals surface area contributed by atoms with Crippen LogP contribution in [0.1, 0.15) is 12.8 Å². The van der Waals surface area contributed by atoms with Crippen molar-refractivity contribution in [2.75, 3.05) is 0 Å². The van der Waals surface area contributed by atoms with Crippen molar-refractivity contribution in [3.05, 3.63) is 36.0 Å². The number of allylic oxidation sites excluding steroid dienone is 5. The maximum atomic E-state index is 8.39. The molecule has 0 N–H and O–H groups in total. The minimum Gasteiger partial charge on any atom is -0.198 e. The van der Waals surface area contributed by atoms with Gasteiger partial charge in [0.2, 0.25) is 0 Å². The summed E-state index contributed by atoms with van der Waals surface area (Å²) in [6.07, 6.45) is 6.94. The van der Waals surface area contributed by atoms with E-state index in [1.165, 1.54) is 0 Å². The van der Waals surface area contributed by atoms with Crippen LogP contribution in [0.5, 0.6) is 0 Å². The molecule has 0 bridgehead atoms. The molecule has 1 aliphatic rings. The Hall–Kier alpha value is -1.20. The molecule has 0 fully saturated rings. The second kappa shape index (κ2) is 3.99. The number of nitrogens with zero attached hydrogens (tertiary/aromatic N) is 1. The van der Waals surface area contributed by atoms with Crippen LogP contribution in [0.3, 0.4) is 0 Å². The molecule has 0 spiro atoms. The van der Waals surface area contributed by atoms with E-state index in [-0.39, 0.29) is 0 Å². The third kappa shape index (κ3) is 2.14. The fourth-order valence-corrected chi connectivity index (χ4v) is 1.24. The minimum absolute atomic E-state index is 0.529. The molecule has 60 valence electrons. The van der Waals surface area contributed by atoms with Gasteiger partial charge in [0.25, 0.3) is 0 Å². The third-order valence-corrected chi connectivity index (χ3v) is 1.94. The van der Waals surface area contributed by atoms with Gasteiger partial charge in [-0.05, 0) is 29.7 Å². The fraction of sp³-hybridized carbons (Fsp3) is 0.200. The lowest BCUT2D eigenvalue weighted by Crippen LogP contribution is -1.96. The van der Waals surface area contributed by atoms with Crippen LogP contribution in [0.4, 0.5) is 0 Å². The molecule has 0 aliphatic heterocycles. The van der Waals surface area contributed by atoms with E-state index in [0.717, 1.165) is 22.4 Å². The van der Waals surface area contributed by atoms with Gasteiger partial charge in [0, 0.05) is 11.3 Å². The Kier molecular flexibility index (Phi) is 2.95. The number of nitriles is 1. The molecule has 0 aromatic rings. The summed E-state index contributed by atoms with van der Waals surface area (Å²) in [5.41, 5.74) is 2.06. The zero-order valence-electron chi connectivity index (χ0n) is 6.71. The molecule has 0 aromatic heterocycles. The highest BCUT2D eigenvalue weighted by atomic mass is 32.1. The van der Waals surface area contributed by atoms with Crippen molar-refractivity contribution in [3.63, 3.8) is 0 Å². The van der Waals surface area contributed by atoms with E-state index in [4.69, 9.17) is 17.5 Å². The van der Waals surface area contributed by atoms with Gasteiger partial charge in [0.1, 0.15) is 0 Å². The zero-order chi connectivity index (χ0) is 8.97. The molecule has 0 amide bonds. The summed E-state index contributed by atoms with van der Waals surface area (Å²) in [5.74, 6) is 0. The molecule has 0 saturated heterocycles. The lowest BCUT2D eigenvalue weighted by molar-refractivity contribution is 1.01. The molecular formula is C10H9NS. The normalized spacial score (nSPS) is 15.8. The number of hydrogen-bond donors (Lipinski definition) is 0. The number of hydrogen-bond acceptors (Lipinski definition) is 2. The van der Waals surface area contributed by atoms with Crippen molar-refractivity contribution in [1.29, 1.82) is 5.26 Å². The van der Waals surface area contributed by atoms with E-state index >= 15 is 0 Å². The van der Waals surface area contributed by atoms with E-state index in [1.807, 2.05) is 18.2 Å². The van der Waals surface area contributed by atoms with Crippen molar-refractivity contribution in [3.8, 4) is 6.07 Å². The van der Waals surface area contributed by atoms with E-state index in [9.17, 15) is 0 Å². The monoisotopic (exact) mass is 175 g/mol. The molecule has 1 rings (SSSR count). The quantitative estimate of drug-likeness (QED) is 0.602. The van der Waals surface area contributed by atoms with E-state index in [1.54, 1.807) is 0 Å². The summed E-state index contributed by atoms with van der Waals surface area (Å²) in [7, 11) is 0. The molecule has 1 nitrogen and oxygen atoms in total. The van der Waals surface area contributed by atoms with Gasteiger partial charge >= 0.3 is 0 Å². The van der Waals surface area contributed by atoms with Gasteiger partial charge in [0.05, 0.1) is 6.07 Å². The molecule has 2 heteroatoms. The maximum absolute atomic E-state index is 8.39. The van der Waals surface area contributed by atoms with Crippen LogP contribution in [0.25, 0.3) is 0 Å². The summed E-state index contributed by atoms with van der Waals surface area (Å²) in [6.45, 7) is 3.86. The Labute approximate surface area is 77.7 Å². The minimum atomic E-state index is 0.529. The first-order chi connectivity index (χ1) is 5.74. The van der Waals surface area contributed by atoms with Gasteiger partial charge in [-0.1, -0.05) is 24.9 Å². The van der Waals surface area contributed by atoms with Crippen LogP contribution < -0.4 is 0 Å². The summed E-state index contributed by atoms with van der Waals surface area (Å²) < 4.78 is 0. The van der Waals surface area contributed by atoms with E-state index < -0.39 is 0 Å². The van der Waals surface area contributed by atoms with Gasteiger partial charge in [-0.3, -0.25) is 0 Å². The lowest BCUT2D eigenvalue weighted by Gasteiger charge is -2.09. The van der Waals surface area contributed by atoms with Crippen LogP contribution in [0.15, 0.2) is 36.0 Å². The highest BCUT2D eigenvalue weighted by Crippen LogP contribution is 2.19. The summed E-state index contributed by atoms with van der Waals surface area (Å²) >= 11 is 5.00. The topological polar surface area (TPSA) is 23.8 Å². The standard InChI is InChI=1S/C10H9NS/c1-8-4-5-10(12)7-9(8)3-2-6-11/h4-5,7H,1-3H2. The van der Waals surface area contributed by atoms with E-state index in [0.29, 0.717) is 6.42 Å². The number of thiocarbonyl (C=S) groups is 1. The Balaban J connectivity index is 2.69. The average Bonchev–Trinajstić information content (AvgIpc) is 2.07. The third-order valence-electron chi connectivity index (χ3n) is 1.68. The van der Waals surface area contributed by atoms with Gasteiger partial charge in [-0.15, -0.1) is 0 Å². The maximum Gasteiger partial charge on any atom is 0.0625 e. The molecule has 0 radical (unpaired) electrons. The van der Waals surface area contributed by atoms with Gasteiger partial charge < -0.3 is 0 Å². The lowest BCUT2D eigenvalue weighted by atomic mass is 9.97. The van der Waals surface area contributed by atoms with Crippen molar-refractivity contribution in [1.82, 2.24) is 0 Å². The predicted molar refractivity (Wildman–Crippen MR) is 53.8 cm³/mol. The summed E-state index contributed by atoms with van der Waals surface area (Å²) in [4.78, 5) is 0.815. The molecule has 0 saturated carbocycles. The Morgan fingerprint density at radius 1 is 1.50 bits per heavy atom. The van der Waals surface area contributed by atoms with Crippen molar-refractivity contribution >= 4 is 17.1 Å². The van der Waals surface area contributed by atoms with Crippen molar-refractivity contribution < 1.29 is 0 Å². The number of rotatable bonds is 2. The fourth-order valence-electron chi connectivity index (χ4n) is 1.03. The molecule has 0 aromatic carbocycles. The SMILES string of the molecule is C=C1C=CC(=S)C=C1CCC#N. The molecule has 12 heavy (non-hydrogen) atoms. The largest absolute Gasteiger partial charge is 0.198 e. The second-order valence-electron chi connectivity index (χ2n) is 2.59. The van der Waals surface area contributed by atoms with E-state index in [2.05, 4.69) is 12.6 Å². The molecule has 1 aliphatic carbocycles. The van der Waals surface area contributed by atoms with Crippen LogP contribution in [-0.4, -0.2) is 4.86 Å². The van der Waals surface area contributed by atoms with Crippen molar-refractivity contribution in [2.45, 2.75) is 12.8 Å². The summed E-state index contributed by atoms with van der Waals surface area (Å²) in [5, 5.41) is 8.39. The molecular weight excluding hydrogens is 166 g/mol. The van der Waals surface area contributed by atoms with Gasteiger partial charge in [-0.2, -0.15) is 5.26 Å². The van der Waals surface area contributed by atoms with Crippen LogP contribution in [0.2, 0.25) is 0 Å². The molecule has 0 atom stereocenters. The van der Waals surface area contributed by atoms with Crippen LogP contribution in [0, 0.1) is 11.3 Å². The molecule has 0 heterocycles. The van der Waals surface area contributed by atoms with Gasteiger partial charge in [-0.25, -0.2) is 0 Å². The average molecular weight is 175 g/mol.